The molecule has 0 saturated heterocycles. The Morgan fingerprint density at radius 3 is 1.59 bits per heavy atom. The van der Waals surface area contributed by atoms with Crippen LogP contribution in [0.25, 0.3) is 0 Å². The van der Waals surface area contributed by atoms with Gasteiger partial charge in [0, 0.05) is 11.8 Å². The molecular formula is C13H14Cl2N6O. The van der Waals surface area contributed by atoms with Crippen LogP contribution in [-0.4, -0.2) is 35.3 Å². The predicted molar refractivity (Wildman–Crippen MR) is 78.2 cm³/mol. The van der Waals surface area contributed by atoms with Crippen molar-refractivity contribution in [2.45, 2.75) is 35.7 Å². The maximum atomic E-state index is 13.4. The fraction of sp³-hybridized carbons (Fsp3) is 0.615. The van der Waals surface area contributed by atoms with Gasteiger partial charge in [-0.05, 0) is 25.7 Å². The van der Waals surface area contributed by atoms with E-state index < -0.39 is 10.00 Å². The van der Waals surface area contributed by atoms with Crippen molar-refractivity contribution in [3.8, 4) is 0 Å². The Morgan fingerprint density at radius 1 is 0.909 bits per heavy atom. The normalized spacial score (nSPS) is 23.7. The maximum absolute atomic E-state index is 13.4. The van der Waals surface area contributed by atoms with Gasteiger partial charge in [-0.1, -0.05) is 23.2 Å². The van der Waals surface area contributed by atoms with Crippen LogP contribution in [0.5, 0.6) is 0 Å². The first kappa shape index (κ1) is 14.1. The summed E-state index contributed by atoms with van der Waals surface area (Å²) in [6, 6.07) is 0. The molecule has 22 heavy (non-hydrogen) atoms. The Hall–Kier alpha value is -1.47. The Morgan fingerprint density at radius 2 is 1.32 bits per heavy atom. The quantitative estimate of drug-likeness (QED) is 0.748. The van der Waals surface area contributed by atoms with Crippen LogP contribution in [-0.2, 0) is 14.8 Å². The summed E-state index contributed by atoms with van der Waals surface area (Å²) in [5.74, 6) is -0.295. The number of halogens is 2. The summed E-state index contributed by atoms with van der Waals surface area (Å²) < 4.78 is 2.84. The topological polar surface area (TPSA) is 78.5 Å². The number of ketones is 1. The van der Waals surface area contributed by atoms with Gasteiger partial charge < -0.3 is 0 Å². The molecule has 0 amide bonds. The van der Waals surface area contributed by atoms with Crippen molar-refractivity contribution < 1.29 is 4.79 Å². The lowest BCUT2D eigenvalue weighted by molar-refractivity contribution is -0.131. The van der Waals surface area contributed by atoms with Crippen molar-refractivity contribution in [3.63, 3.8) is 0 Å². The molecule has 0 radical (unpaired) electrons. The summed E-state index contributed by atoms with van der Waals surface area (Å²) in [6.45, 7) is 0. The van der Waals surface area contributed by atoms with Crippen LogP contribution in [0, 0.1) is 11.8 Å². The molecule has 0 aromatic carbocycles. The summed E-state index contributed by atoms with van der Waals surface area (Å²) >= 11 is 13.6. The average Bonchev–Trinajstić information content (AvgIpc) is 3.44. The van der Waals surface area contributed by atoms with Crippen molar-refractivity contribution in [2.24, 2.45) is 11.8 Å². The summed E-state index contributed by atoms with van der Waals surface area (Å²) in [6.07, 6.45) is 9.14. The molecule has 0 bridgehead atoms. The van der Waals surface area contributed by atoms with E-state index in [-0.39, 0.29) is 17.6 Å². The van der Waals surface area contributed by atoms with Gasteiger partial charge in [-0.25, -0.2) is 19.3 Å². The molecule has 2 aliphatic rings. The van der Waals surface area contributed by atoms with E-state index in [1.54, 1.807) is 0 Å². The molecule has 2 heterocycles. The lowest BCUT2D eigenvalue weighted by Gasteiger charge is -2.34. The minimum atomic E-state index is -1.33. The minimum Gasteiger partial charge on any atom is -0.291 e. The minimum absolute atomic E-state index is 0.00348. The highest BCUT2D eigenvalue weighted by Gasteiger charge is 2.63. The van der Waals surface area contributed by atoms with Crippen LogP contribution < -0.4 is 0 Å². The van der Waals surface area contributed by atoms with Crippen LogP contribution in [0.15, 0.2) is 25.3 Å². The van der Waals surface area contributed by atoms with Gasteiger partial charge in [-0.15, -0.1) is 0 Å². The van der Waals surface area contributed by atoms with Crippen LogP contribution in [0.2, 0.25) is 0 Å². The molecule has 2 saturated carbocycles. The van der Waals surface area contributed by atoms with Gasteiger partial charge in [0.2, 0.25) is 15.8 Å². The van der Waals surface area contributed by atoms with Crippen molar-refractivity contribution in [3.05, 3.63) is 25.3 Å². The first-order valence-electron chi connectivity index (χ1n) is 7.21. The Labute approximate surface area is 136 Å². The number of alkyl halides is 2. The number of hydrogen-bond donors (Lipinski definition) is 0. The highest BCUT2D eigenvalue weighted by Crippen LogP contribution is 2.55. The molecule has 2 aliphatic carbocycles. The number of Topliss-reactive ketones (excluding diaryl/α,β-unsaturated/α-hetero) is 1. The number of rotatable bonds is 6. The first-order chi connectivity index (χ1) is 10.6. The van der Waals surface area contributed by atoms with Gasteiger partial charge in [-0.2, -0.15) is 10.2 Å². The number of hydrogen-bond acceptors (Lipinski definition) is 5. The zero-order valence-corrected chi connectivity index (χ0v) is 13.2. The molecular weight excluding hydrogens is 327 g/mol. The second kappa shape index (κ2) is 4.76. The molecule has 116 valence electrons. The van der Waals surface area contributed by atoms with E-state index in [9.17, 15) is 4.79 Å². The van der Waals surface area contributed by atoms with Crippen molar-refractivity contribution in [1.29, 1.82) is 0 Å². The van der Waals surface area contributed by atoms with Gasteiger partial charge in [0.05, 0.1) is 0 Å². The standard InChI is InChI=1S/C13H14Cl2N6O/c14-12(9-1-2-9,20-7-16-5-18-20)11(22)13(15,10-3-4-10)21-8-17-6-19-21/h5-10H,1-4H2. The third-order valence-electron chi connectivity index (χ3n) is 4.38. The van der Waals surface area contributed by atoms with Gasteiger partial charge in [0.1, 0.15) is 25.3 Å². The summed E-state index contributed by atoms with van der Waals surface area (Å²) in [5.41, 5.74) is 0. The van der Waals surface area contributed by atoms with Crippen LogP contribution >= 0.6 is 23.2 Å². The van der Waals surface area contributed by atoms with E-state index in [4.69, 9.17) is 23.2 Å². The number of carbonyl (C=O) groups excluding carboxylic acids is 1. The first-order valence-corrected chi connectivity index (χ1v) is 7.96. The van der Waals surface area contributed by atoms with E-state index in [2.05, 4.69) is 20.2 Å². The molecule has 2 aromatic rings. The molecule has 2 atom stereocenters. The molecule has 7 nitrogen and oxygen atoms in total. The molecule has 2 fully saturated rings. The monoisotopic (exact) mass is 340 g/mol. The lowest BCUT2D eigenvalue weighted by Crippen LogP contribution is -2.52. The summed E-state index contributed by atoms with van der Waals surface area (Å²) in [7, 11) is 0. The molecule has 4 rings (SSSR count). The van der Waals surface area contributed by atoms with Crippen molar-refractivity contribution in [1.82, 2.24) is 29.5 Å². The zero-order chi connectivity index (χ0) is 15.4. The van der Waals surface area contributed by atoms with Crippen LogP contribution in [0.1, 0.15) is 25.7 Å². The number of nitrogens with zero attached hydrogens (tertiary/aromatic N) is 6. The second-order valence-corrected chi connectivity index (χ2v) is 7.06. The molecule has 0 spiro atoms. The van der Waals surface area contributed by atoms with E-state index in [0.717, 1.165) is 25.7 Å². The third kappa shape index (κ3) is 1.91. The van der Waals surface area contributed by atoms with E-state index in [1.807, 2.05) is 0 Å². The second-order valence-electron chi connectivity index (χ2n) is 5.90. The Bertz CT molecular complexity index is 623. The van der Waals surface area contributed by atoms with Gasteiger partial charge >= 0.3 is 0 Å². The fourth-order valence-corrected chi connectivity index (χ4v) is 3.83. The van der Waals surface area contributed by atoms with Gasteiger partial charge in [0.25, 0.3) is 0 Å². The zero-order valence-electron chi connectivity index (χ0n) is 11.6. The molecule has 2 unspecified atom stereocenters. The van der Waals surface area contributed by atoms with Crippen molar-refractivity contribution >= 4 is 29.0 Å². The smallest absolute Gasteiger partial charge is 0.218 e. The predicted octanol–water partition coefficient (Wildman–Crippen LogP) is 1.74. The lowest BCUT2D eigenvalue weighted by atomic mass is 9.96. The molecule has 2 aromatic heterocycles. The van der Waals surface area contributed by atoms with E-state index >= 15 is 0 Å². The largest absolute Gasteiger partial charge is 0.291 e. The summed E-state index contributed by atoms with van der Waals surface area (Å²) in [5, 5.41) is 8.19. The fourth-order valence-electron chi connectivity index (χ4n) is 2.88. The number of carbonyl (C=O) groups is 1. The van der Waals surface area contributed by atoms with E-state index in [1.165, 1.54) is 34.7 Å². The third-order valence-corrected chi connectivity index (χ3v) is 5.68. The summed E-state index contributed by atoms with van der Waals surface area (Å²) in [4.78, 5) is 18.6. The Balaban J connectivity index is 1.80. The average molecular weight is 341 g/mol. The molecule has 0 aliphatic heterocycles. The van der Waals surface area contributed by atoms with Crippen LogP contribution in [0.3, 0.4) is 0 Å². The van der Waals surface area contributed by atoms with Crippen LogP contribution in [0.4, 0.5) is 0 Å². The maximum Gasteiger partial charge on any atom is 0.218 e. The van der Waals surface area contributed by atoms with E-state index in [0.29, 0.717) is 0 Å². The number of aromatic nitrogens is 6. The highest BCUT2D eigenvalue weighted by molar-refractivity contribution is 6.42. The Kier molecular flexibility index (Phi) is 3.06. The SMILES string of the molecule is O=C(C(Cl)(C1CC1)n1cncn1)C(Cl)(C1CC1)n1cncn1. The van der Waals surface area contributed by atoms with Gasteiger partial charge in [0.15, 0.2) is 0 Å². The highest BCUT2D eigenvalue weighted by atomic mass is 35.5. The molecule has 0 N–H and O–H groups in total. The van der Waals surface area contributed by atoms with Crippen molar-refractivity contribution in [2.75, 3.05) is 0 Å². The van der Waals surface area contributed by atoms with Gasteiger partial charge in [-0.3, -0.25) is 4.79 Å². The molecule has 9 heteroatoms.